The molecule has 1 unspecified atom stereocenters. The predicted molar refractivity (Wildman–Crippen MR) is 99.5 cm³/mol. The van der Waals surface area contributed by atoms with Crippen molar-refractivity contribution in [3.8, 4) is 6.07 Å². The lowest BCUT2D eigenvalue weighted by Gasteiger charge is -2.37. The molecule has 3 aliphatic rings. The molecule has 0 aromatic carbocycles. The molecule has 8 heteroatoms. The average molecular weight is 388 g/mol. The SMILES string of the molecule is N#Cc1cc2c(nc1N1CCC(F)(CNC(=O)C3CCOC3)CC1)CCOC2. The number of nitrogens with one attached hydrogen (secondary N) is 1. The number of carbonyl (C=O) groups is 1. The van der Waals surface area contributed by atoms with Gasteiger partial charge in [-0.05, 0) is 12.5 Å². The molecule has 0 saturated carbocycles. The molecule has 2 saturated heterocycles. The zero-order valence-electron chi connectivity index (χ0n) is 15.9. The molecule has 1 aromatic rings. The summed E-state index contributed by atoms with van der Waals surface area (Å²) in [5.74, 6) is 0.352. The van der Waals surface area contributed by atoms with E-state index >= 15 is 4.39 Å². The topological polar surface area (TPSA) is 87.5 Å². The number of aromatic nitrogens is 1. The second-order valence-corrected chi connectivity index (χ2v) is 7.80. The van der Waals surface area contributed by atoms with Crippen molar-refractivity contribution in [3.05, 3.63) is 22.9 Å². The monoisotopic (exact) mass is 388 g/mol. The molecule has 4 rings (SSSR count). The number of halogens is 1. The van der Waals surface area contributed by atoms with E-state index in [0.717, 1.165) is 17.7 Å². The van der Waals surface area contributed by atoms with Gasteiger partial charge in [0.1, 0.15) is 17.6 Å². The van der Waals surface area contributed by atoms with E-state index in [2.05, 4.69) is 11.4 Å². The third-order valence-corrected chi connectivity index (χ3v) is 5.87. The molecule has 150 valence electrons. The van der Waals surface area contributed by atoms with Gasteiger partial charge in [0, 0.05) is 44.5 Å². The lowest BCUT2D eigenvalue weighted by atomic mass is 9.92. The maximum absolute atomic E-state index is 15.2. The van der Waals surface area contributed by atoms with E-state index in [4.69, 9.17) is 14.5 Å². The van der Waals surface area contributed by atoms with Gasteiger partial charge in [0.05, 0.1) is 43.5 Å². The highest BCUT2D eigenvalue weighted by Crippen LogP contribution is 2.31. The molecule has 0 aliphatic carbocycles. The van der Waals surface area contributed by atoms with Crippen LogP contribution in [0.25, 0.3) is 0 Å². The molecule has 0 bridgehead atoms. The Balaban J connectivity index is 1.38. The Labute approximate surface area is 163 Å². The molecule has 1 N–H and O–H groups in total. The standard InChI is InChI=1S/C20H25FN4O3/c21-20(13-23-19(26)14-1-7-27-11-14)3-5-25(6-4-20)18-15(10-22)9-16-12-28-8-2-17(16)24-18/h9,14H,1-8,11-13H2,(H,23,26). The van der Waals surface area contributed by atoms with E-state index < -0.39 is 5.67 Å². The normalized spacial score (nSPS) is 23.7. The third-order valence-electron chi connectivity index (χ3n) is 5.87. The Morgan fingerprint density at radius 3 is 2.93 bits per heavy atom. The molecule has 1 amide bonds. The van der Waals surface area contributed by atoms with Crippen LogP contribution in [-0.2, 0) is 27.3 Å². The van der Waals surface area contributed by atoms with Gasteiger partial charge in [-0.1, -0.05) is 0 Å². The quantitative estimate of drug-likeness (QED) is 0.841. The highest BCUT2D eigenvalue weighted by Gasteiger charge is 2.37. The van der Waals surface area contributed by atoms with Crippen molar-refractivity contribution in [3.63, 3.8) is 0 Å². The number of amides is 1. The fourth-order valence-electron chi connectivity index (χ4n) is 4.02. The van der Waals surface area contributed by atoms with Crippen LogP contribution in [-0.4, -0.2) is 56.0 Å². The van der Waals surface area contributed by atoms with Crippen LogP contribution in [0.3, 0.4) is 0 Å². The van der Waals surface area contributed by atoms with Crippen LogP contribution < -0.4 is 10.2 Å². The summed E-state index contributed by atoms with van der Waals surface area (Å²) in [6, 6.07) is 4.06. The number of hydrogen-bond acceptors (Lipinski definition) is 6. The molecule has 1 aromatic heterocycles. The molecule has 28 heavy (non-hydrogen) atoms. The molecule has 3 aliphatic heterocycles. The smallest absolute Gasteiger partial charge is 0.225 e. The Kier molecular flexibility index (Phi) is 5.47. The van der Waals surface area contributed by atoms with E-state index in [9.17, 15) is 10.1 Å². The first-order valence-electron chi connectivity index (χ1n) is 9.88. The van der Waals surface area contributed by atoms with Crippen molar-refractivity contribution in [2.45, 2.75) is 38.0 Å². The van der Waals surface area contributed by atoms with Crippen molar-refractivity contribution in [1.82, 2.24) is 10.3 Å². The number of fused-ring (bicyclic) bond motifs is 1. The zero-order valence-corrected chi connectivity index (χ0v) is 15.9. The number of anilines is 1. The summed E-state index contributed by atoms with van der Waals surface area (Å²) in [6.07, 6.45) is 2.01. The van der Waals surface area contributed by atoms with Crippen LogP contribution in [0.15, 0.2) is 6.07 Å². The predicted octanol–water partition coefficient (Wildman–Crippen LogP) is 1.49. The number of pyridine rings is 1. The minimum atomic E-state index is -1.43. The molecule has 1 atom stereocenters. The minimum absolute atomic E-state index is 0.0240. The summed E-state index contributed by atoms with van der Waals surface area (Å²) in [5, 5.41) is 12.3. The molecular formula is C20H25FN4O3. The number of nitriles is 1. The Hall–Kier alpha value is -2.24. The molecule has 7 nitrogen and oxygen atoms in total. The van der Waals surface area contributed by atoms with Crippen LogP contribution in [0.4, 0.5) is 10.2 Å². The van der Waals surface area contributed by atoms with Crippen LogP contribution in [0.2, 0.25) is 0 Å². The van der Waals surface area contributed by atoms with Crippen LogP contribution in [0, 0.1) is 17.2 Å². The highest BCUT2D eigenvalue weighted by atomic mass is 19.1. The van der Waals surface area contributed by atoms with Crippen molar-refractivity contribution in [2.75, 3.05) is 44.4 Å². The molecule has 0 radical (unpaired) electrons. The molecular weight excluding hydrogens is 363 g/mol. The number of piperidine rings is 1. The first-order valence-corrected chi connectivity index (χ1v) is 9.88. The summed E-state index contributed by atoms with van der Waals surface area (Å²) in [6.45, 7) is 3.09. The number of rotatable bonds is 4. The van der Waals surface area contributed by atoms with Gasteiger partial charge in [0.25, 0.3) is 0 Å². The largest absolute Gasteiger partial charge is 0.381 e. The summed E-state index contributed by atoms with van der Waals surface area (Å²) >= 11 is 0. The van der Waals surface area contributed by atoms with Crippen LogP contribution >= 0.6 is 0 Å². The summed E-state index contributed by atoms with van der Waals surface area (Å²) in [4.78, 5) is 18.8. The Bertz CT molecular complexity index is 780. The Morgan fingerprint density at radius 2 is 2.21 bits per heavy atom. The van der Waals surface area contributed by atoms with Gasteiger partial charge in [0.15, 0.2) is 0 Å². The molecule has 2 fully saturated rings. The van der Waals surface area contributed by atoms with Gasteiger partial charge in [-0.3, -0.25) is 4.79 Å². The maximum Gasteiger partial charge on any atom is 0.225 e. The fraction of sp³-hybridized carbons (Fsp3) is 0.650. The van der Waals surface area contributed by atoms with Crippen molar-refractivity contribution in [2.24, 2.45) is 5.92 Å². The average Bonchev–Trinajstić information content (AvgIpc) is 3.27. The number of carbonyl (C=O) groups excluding carboxylic acids is 1. The number of hydrogen-bond donors (Lipinski definition) is 1. The maximum atomic E-state index is 15.2. The van der Waals surface area contributed by atoms with Gasteiger partial charge in [-0.15, -0.1) is 0 Å². The number of ether oxygens (including phenoxy) is 2. The van der Waals surface area contributed by atoms with Crippen molar-refractivity contribution >= 4 is 11.7 Å². The second kappa shape index (κ2) is 8.02. The summed E-state index contributed by atoms with van der Waals surface area (Å²) in [7, 11) is 0. The van der Waals surface area contributed by atoms with Gasteiger partial charge in [0.2, 0.25) is 5.91 Å². The van der Waals surface area contributed by atoms with Gasteiger partial charge in [-0.25, -0.2) is 9.37 Å². The molecule has 4 heterocycles. The zero-order chi connectivity index (χ0) is 19.6. The van der Waals surface area contributed by atoms with E-state index in [1.165, 1.54) is 0 Å². The Morgan fingerprint density at radius 1 is 1.39 bits per heavy atom. The fourth-order valence-corrected chi connectivity index (χ4v) is 4.02. The first-order chi connectivity index (χ1) is 13.6. The lowest BCUT2D eigenvalue weighted by Crippen LogP contribution is -2.49. The van der Waals surface area contributed by atoms with Gasteiger partial charge in [-0.2, -0.15) is 5.26 Å². The summed E-state index contributed by atoms with van der Waals surface area (Å²) in [5.41, 5.74) is 0.996. The second-order valence-electron chi connectivity index (χ2n) is 7.80. The van der Waals surface area contributed by atoms with Crippen LogP contribution in [0.1, 0.15) is 36.1 Å². The van der Waals surface area contributed by atoms with E-state index in [-0.39, 0.29) is 18.4 Å². The van der Waals surface area contributed by atoms with Crippen LogP contribution in [0.5, 0.6) is 0 Å². The lowest BCUT2D eigenvalue weighted by molar-refractivity contribution is -0.125. The van der Waals surface area contributed by atoms with E-state index in [1.807, 2.05) is 11.0 Å². The number of alkyl halides is 1. The van der Waals surface area contributed by atoms with E-state index in [0.29, 0.717) is 70.2 Å². The first kappa shape index (κ1) is 19.1. The van der Waals surface area contributed by atoms with Crippen molar-refractivity contribution < 1.29 is 18.7 Å². The van der Waals surface area contributed by atoms with Crippen molar-refractivity contribution in [1.29, 1.82) is 5.26 Å². The van der Waals surface area contributed by atoms with E-state index in [1.54, 1.807) is 0 Å². The minimum Gasteiger partial charge on any atom is -0.381 e. The highest BCUT2D eigenvalue weighted by molar-refractivity contribution is 5.79. The third kappa shape index (κ3) is 3.96. The molecule has 0 spiro atoms. The van der Waals surface area contributed by atoms with Gasteiger partial charge < -0.3 is 19.7 Å². The number of nitrogens with zero attached hydrogens (tertiary/aromatic N) is 3. The summed E-state index contributed by atoms with van der Waals surface area (Å²) < 4.78 is 25.8. The van der Waals surface area contributed by atoms with Gasteiger partial charge >= 0.3 is 0 Å².